The predicted octanol–water partition coefficient (Wildman–Crippen LogP) is 1.77. The van der Waals surface area contributed by atoms with E-state index in [1.807, 2.05) is 11.9 Å². The van der Waals surface area contributed by atoms with Crippen LogP contribution in [-0.4, -0.2) is 39.2 Å². The molecule has 1 fully saturated rings. The molecule has 0 amide bonds. The maximum absolute atomic E-state index is 13.5. The minimum Gasteiger partial charge on any atom is -0.298 e. The molecule has 2 rings (SSSR count). The number of likely N-dealkylation sites (N-methyl/N-ethyl adjacent to an activating group) is 1. The molecule has 1 N–H and O–H groups in total. The second-order valence-electron chi connectivity index (χ2n) is 4.88. The zero-order chi connectivity index (χ0) is 14.2. The van der Waals surface area contributed by atoms with E-state index < -0.39 is 15.8 Å². The number of hydrogen-bond donors (Lipinski definition) is 1. The molecule has 1 aliphatic rings. The van der Waals surface area contributed by atoms with Gasteiger partial charge in [-0.05, 0) is 31.2 Å². The van der Waals surface area contributed by atoms with E-state index in [2.05, 4.69) is 4.72 Å². The van der Waals surface area contributed by atoms with Crippen LogP contribution in [0.5, 0.6) is 0 Å². The van der Waals surface area contributed by atoms with Gasteiger partial charge >= 0.3 is 0 Å². The molecule has 4 nitrogen and oxygen atoms in total. The van der Waals surface area contributed by atoms with Crippen molar-refractivity contribution in [2.24, 2.45) is 0 Å². The van der Waals surface area contributed by atoms with Crippen molar-refractivity contribution in [1.82, 2.24) is 9.62 Å². The van der Waals surface area contributed by atoms with Gasteiger partial charge in [-0.1, -0.05) is 17.7 Å². The zero-order valence-electron chi connectivity index (χ0n) is 10.7. The van der Waals surface area contributed by atoms with Gasteiger partial charge in [-0.15, -0.1) is 0 Å². The molecule has 106 valence electrons. The summed E-state index contributed by atoms with van der Waals surface area (Å²) in [6.45, 7) is 0.752. The third-order valence-corrected chi connectivity index (χ3v) is 4.34. The summed E-state index contributed by atoms with van der Waals surface area (Å²) in [5.41, 5.74) is 0.725. The maximum atomic E-state index is 13.5. The number of nitrogens with zero attached hydrogens (tertiary/aromatic N) is 1. The van der Waals surface area contributed by atoms with Gasteiger partial charge in [0.2, 0.25) is 10.0 Å². The molecule has 1 aromatic rings. The fourth-order valence-corrected chi connectivity index (χ4v) is 3.44. The summed E-state index contributed by atoms with van der Waals surface area (Å²) in [5, 5.41) is 0.0667. The summed E-state index contributed by atoms with van der Waals surface area (Å²) >= 11 is 5.67. The van der Waals surface area contributed by atoms with Crippen molar-refractivity contribution in [2.75, 3.05) is 19.8 Å². The lowest BCUT2D eigenvalue weighted by atomic mass is 10.0. The highest BCUT2D eigenvalue weighted by atomic mass is 35.5. The van der Waals surface area contributed by atoms with Gasteiger partial charge < -0.3 is 0 Å². The van der Waals surface area contributed by atoms with Crippen molar-refractivity contribution >= 4 is 21.6 Å². The number of nitrogens with one attached hydrogen (secondary N) is 1. The van der Waals surface area contributed by atoms with Crippen LogP contribution in [0.1, 0.15) is 18.0 Å². The Bertz CT molecular complexity index is 579. The van der Waals surface area contributed by atoms with Crippen LogP contribution in [0.4, 0.5) is 4.39 Å². The molecule has 2 atom stereocenters. The van der Waals surface area contributed by atoms with Gasteiger partial charge in [0.1, 0.15) is 5.82 Å². The summed E-state index contributed by atoms with van der Waals surface area (Å²) in [6, 6.07) is 4.17. The first-order valence-corrected chi connectivity index (χ1v) is 8.17. The first kappa shape index (κ1) is 14.7. The normalized spacial score (nSPS) is 24.8. The predicted molar refractivity (Wildman–Crippen MR) is 73.2 cm³/mol. The second kappa shape index (κ2) is 5.36. The lowest BCUT2D eigenvalue weighted by molar-refractivity contribution is 0.297. The van der Waals surface area contributed by atoms with E-state index in [0.29, 0.717) is 6.42 Å². The van der Waals surface area contributed by atoms with E-state index in [4.69, 9.17) is 11.6 Å². The average molecular weight is 307 g/mol. The van der Waals surface area contributed by atoms with Gasteiger partial charge in [0.25, 0.3) is 0 Å². The monoisotopic (exact) mass is 306 g/mol. The van der Waals surface area contributed by atoms with E-state index in [0.717, 1.165) is 18.4 Å². The molecule has 0 aromatic heterocycles. The third-order valence-electron chi connectivity index (χ3n) is 3.30. The molecule has 0 spiro atoms. The molecule has 1 saturated heterocycles. The second-order valence-corrected chi connectivity index (χ2v) is 7.07. The summed E-state index contributed by atoms with van der Waals surface area (Å²) in [6.07, 6.45) is 1.82. The van der Waals surface area contributed by atoms with E-state index in [1.165, 1.54) is 12.1 Å². The summed E-state index contributed by atoms with van der Waals surface area (Å²) in [4.78, 5) is 2.01. The highest BCUT2D eigenvalue weighted by molar-refractivity contribution is 7.88. The van der Waals surface area contributed by atoms with Gasteiger partial charge in [-0.2, -0.15) is 0 Å². The van der Waals surface area contributed by atoms with E-state index >= 15 is 0 Å². The molecule has 19 heavy (non-hydrogen) atoms. The van der Waals surface area contributed by atoms with Gasteiger partial charge in [0.05, 0.1) is 17.3 Å². The SMILES string of the molecule is CN1CC[C@H](NS(C)(=O)=O)[C@H]1c1ccc(Cl)c(F)c1. The molecule has 1 aliphatic heterocycles. The summed E-state index contributed by atoms with van der Waals surface area (Å²) in [7, 11) is -1.40. The fourth-order valence-electron chi connectivity index (χ4n) is 2.53. The Labute approximate surface area is 117 Å². The number of benzene rings is 1. The van der Waals surface area contributed by atoms with Crippen LogP contribution >= 0.6 is 11.6 Å². The highest BCUT2D eigenvalue weighted by Gasteiger charge is 2.34. The number of likely N-dealkylation sites (tertiary alicyclic amines) is 1. The van der Waals surface area contributed by atoms with Crippen LogP contribution in [0.15, 0.2) is 18.2 Å². The Morgan fingerprint density at radius 2 is 2.16 bits per heavy atom. The number of rotatable bonds is 3. The Hall–Kier alpha value is -0.690. The smallest absolute Gasteiger partial charge is 0.209 e. The molecule has 0 aliphatic carbocycles. The van der Waals surface area contributed by atoms with E-state index in [9.17, 15) is 12.8 Å². The summed E-state index contributed by atoms with van der Waals surface area (Å²) < 4.78 is 38.9. The highest BCUT2D eigenvalue weighted by Crippen LogP contribution is 2.32. The minimum atomic E-state index is -3.29. The number of hydrogen-bond acceptors (Lipinski definition) is 3. The van der Waals surface area contributed by atoms with Crippen molar-refractivity contribution in [3.05, 3.63) is 34.6 Å². The molecule has 0 bridgehead atoms. The quantitative estimate of drug-likeness (QED) is 0.926. The number of sulfonamides is 1. The Morgan fingerprint density at radius 1 is 1.47 bits per heavy atom. The van der Waals surface area contributed by atoms with Crippen LogP contribution in [0.25, 0.3) is 0 Å². The van der Waals surface area contributed by atoms with Crippen LogP contribution in [-0.2, 0) is 10.0 Å². The maximum Gasteiger partial charge on any atom is 0.209 e. The standard InChI is InChI=1S/C12H16ClFN2O2S/c1-16-6-5-11(15-19(2,17)18)12(16)8-3-4-9(13)10(14)7-8/h3-4,7,11-12,15H,5-6H2,1-2H3/t11-,12+/m0/s1. The van der Waals surface area contributed by atoms with E-state index in [1.54, 1.807) is 6.07 Å². The van der Waals surface area contributed by atoms with Crippen molar-refractivity contribution in [3.8, 4) is 0 Å². The molecular weight excluding hydrogens is 291 g/mol. The topological polar surface area (TPSA) is 49.4 Å². The van der Waals surface area contributed by atoms with Crippen molar-refractivity contribution in [3.63, 3.8) is 0 Å². The Kier molecular flexibility index (Phi) is 4.15. The van der Waals surface area contributed by atoms with Gasteiger partial charge in [-0.3, -0.25) is 4.90 Å². The van der Waals surface area contributed by atoms with E-state index in [-0.39, 0.29) is 17.1 Å². The molecule has 1 heterocycles. The van der Waals surface area contributed by atoms with Gasteiger partial charge in [-0.25, -0.2) is 17.5 Å². The Balaban J connectivity index is 2.31. The van der Waals surface area contributed by atoms with Crippen molar-refractivity contribution in [1.29, 1.82) is 0 Å². The molecule has 1 aromatic carbocycles. The summed E-state index contributed by atoms with van der Waals surface area (Å²) in [5.74, 6) is -0.488. The van der Waals surface area contributed by atoms with Gasteiger partial charge in [0, 0.05) is 12.6 Å². The molecular formula is C12H16ClFN2O2S. The van der Waals surface area contributed by atoms with Crippen molar-refractivity contribution < 1.29 is 12.8 Å². The van der Waals surface area contributed by atoms with Crippen LogP contribution in [0.3, 0.4) is 0 Å². The van der Waals surface area contributed by atoms with Crippen molar-refractivity contribution in [2.45, 2.75) is 18.5 Å². The lowest BCUT2D eigenvalue weighted by Crippen LogP contribution is -2.38. The first-order valence-electron chi connectivity index (χ1n) is 5.90. The number of halogens is 2. The van der Waals surface area contributed by atoms with Crippen LogP contribution in [0.2, 0.25) is 5.02 Å². The first-order chi connectivity index (χ1) is 8.78. The van der Waals surface area contributed by atoms with Gasteiger partial charge in [0.15, 0.2) is 0 Å². The largest absolute Gasteiger partial charge is 0.298 e. The molecule has 7 heteroatoms. The van der Waals surface area contributed by atoms with Crippen LogP contribution < -0.4 is 4.72 Å². The molecule has 0 saturated carbocycles. The lowest BCUT2D eigenvalue weighted by Gasteiger charge is -2.25. The third kappa shape index (κ3) is 3.45. The minimum absolute atomic E-state index is 0.0667. The average Bonchev–Trinajstić information content (AvgIpc) is 2.62. The fraction of sp³-hybridized carbons (Fsp3) is 0.500. The molecule has 0 radical (unpaired) electrons. The van der Waals surface area contributed by atoms with Crippen LogP contribution in [0, 0.1) is 5.82 Å². The Morgan fingerprint density at radius 3 is 2.74 bits per heavy atom. The molecule has 0 unspecified atom stereocenters. The zero-order valence-corrected chi connectivity index (χ0v) is 12.3.